The molecular formula is C27H25BN6. The van der Waals surface area contributed by atoms with Gasteiger partial charge in [0.2, 0.25) is 0 Å². The van der Waals surface area contributed by atoms with Gasteiger partial charge in [0, 0.05) is 59.8 Å². The summed E-state index contributed by atoms with van der Waals surface area (Å²) in [5, 5.41) is 9.14. The third-order valence-corrected chi connectivity index (χ3v) is 6.73. The molecule has 3 aromatic heterocycles. The van der Waals surface area contributed by atoms with Gasteiger partial charge in [-0.05, 0) is 48.8 Å². The predicted molar refractivity (Wildman–Crippen MR) is 139 cm³/mol. The van der Waals surface area contributed by atoms with Crippen LogP contribution in [-0.4, -0.2) is 52.6 Å². The normalized spacial score (nSPS) is 18.6. The van der Waals surface area contributed by atoms with E-state index < -0.39 is 0 Å². The average molecular weight is 444 g/mol. The molecule has 2 atom stereocenters. The summed E-state index contributed by atoms with van der Waals surface area (Å²) in [5.41, 5.74) is 7.61. The Morgan fingerprint density at radius 3 is 2.47 bits per heavy atom. The lowest BCUT2D eigenvalue weighted by Gasteiger charge is -2.41. The van der Waals surface area contributed by atoms with Gasteiger partial charge in [-0.1, -0.05) is 36.4 Å². The van der Waals surface area contributed by atoms with Crippen molar-refractivity contribution in [2.75, 3.05) is 18.0 Å². The summed E-state index contributed by atoms with van der Waals surface area (Å²) in [7, 11) is 5.87. The van der Waals surface area contributed by atoms with Crippen LogP contribution in [0.5, 0.6) is 0 Å². The Labute approximate surface area is 200 Å². The molecule has 0 unspecified atom stereocenters. The number of benzene rings is 2. The summed E-state index contributed by atoms with van der Waals surface area (Å²) in [4.78, 5) is 11.7. The van der Waals surface area contributed by atoms with E-state index in [1.54, 1.807) is 0 Å². The van der Waals surface area contributed by atoms with Crippen molar-refractivity contribution >= 4 is 35.7 Å². The molecule has 0 saturated carbocycles. The van der Waals surface area contributed by atoms with Crippen LogP contribution in [0.3, 0.4) is 0 Å². The van der Waals surface area contributed by atoms with Crippen molar-refractivity contribution in [3.63, 3.8) is 0 Å². The molecule has 2 aromatic carbocycles. The molecule has 4 heterocycles. The van der Waals surface area contributed by atoms with Crippen LogP contribution in [0, 0.1) is 0 Å². The molecule has 0 amide bonds. The number of nitrogens with zero attached hydrogens (tertiary/aromatic N) is 5. The van der Waals surface area contributed by atoms with Gasteiger partial charge in [0.15, 0.2) is 5.65 Å². The number of nitrogens with one attached hydrogen (secondary N) is 1. The van der Waals surface area contributed by atoms with Gasteiger partial charge in [-0.25, -0.2) is 9.50 Å². The molecule has 1 aliphatic rings. The summed E-state index contributed by atoms with van der Waals surface area (Å²) in [6, 6.07) is 19.6. The van der Waals surface area contributed by atoms with Crippen LogP contribution in [0.15, 0.2) is 73.2 Å². The molecule has 2 radical (unpaired) electrons. The lowest BCUT2D eigenvalue weighted by Crippen LogP contribution is -2.55. The zero-order valence-corrected chi connectivity index (χ0v) is 19.3. The highest BCUT2D eigenvalue weighted by Gasteiger charge is 2.24. The minimum Gasteiger partial charge on any atom is -0.364 e. The second kappa shape index (κ2) is 8.26. The summed E-state index contributed by atoms with van der Waals surface area (Å²) in [5.74, 6) is 0. The van der Waals surface area contributed by atoms with Crippen molar-refractivity contribution in [2.45, 2.75) is 25.9 Å². The van der Waals surface area contributed by atoms with Crippen LogP contribution in [-0.2, 0) is 0 Å². The van der Waals surface area contributed by atoms with Gasteiger partial charge in [-0.15, -0.1) is 0 Å². The molecule has 1 aliphatic heterocycles. The van der Waals surface area contributed by atoms with Gasteiger partial charge in [0.25, 0.3) is 0 Å². The van der Waals surface area contributed by atoms with Crippen LogP contribution >= 0.6 is 0 Å². The second-order valence-corrected chi connectivity index (χ2v) is 9.09. The predicted octanol–water partition coefficient (Wildman–Crippen LogP) is 3.59. The molecule has 0 spiro atoms. The van der Waals surface area contributed by atoms with Gasteiger partial charge in [-0.2, -0.15) is 5.10 Å². The maximum atomic E-state index is 5.87. The lowest BCUT2D eigenvalue weighted by atomic mass is 9.99. The summed E-state index contributed by atoms with van der Waals surface area (Å²) in [6.07, 6.45) is 5.83. The topological polar surface area (TPSA) is 58.4 Å². The largest absolute Gasteiger partial charge is 0.364 e. The third-order valence-electron chi connectivity index (χ3n) is 6.73. The van der Waals surface area contributed by atoms with E-state index in [0.29, 0.717) is 17.7 Å². The Balaban J connectivity index is 1.35. The molecule has 6 nitrogen and oxygen atoms in total. The zero-order chi connectivity index (χ0) is 23.2. The summed E-state index contributed by atoms with van der Waals surface area (Å²) < 4.78 is 1.85. The van der Waals surface area contributed by atoms with Gasteiger partial charge in [0.05, 0.1) is 11.7 Å². The average Bonchev–Trinajstić information content (AvgIpc) is 3.27. The molecule has 1 saturated heterocycles. The molecule has 6 rings (SSSR count). The molecular weight excluding hydrogens is 419 g/mol. The van der Waals surface area contributed by atoms with E-state index in [9.17, 15) is 0 Å². The number of anilines is 1. The number of piperazine rings is 1. The first-order valence-corrected chi connectivity index (χ1v) is 11.7. The quantitative estimate of drug-likeness (QED) is 0.431. The van der Waals surface area contributed by atoms with E-state index in [-0.39, 0.29) is 0 Å². The van der Waals surface area contributed by atoms with E-state index in [1.165, 1.54) is 5.69 Å². The van der Waals surface area contributed by atoms with Crippen LogP contribution in [0.2, 0.25) is 0 Å². The van der Waals surface area contributed by atoms with E-state index in [2.05, 4.69) is 64.5 Å². The number of aromatic nitrogens is 4. The standard InChI is InChI=1S/C27H25BN6/c1-17-12-29-13-18(2)34(17)21-8-6-19(7-9-21)20-14-30-27-24(15-31-33(27)16-20)22-4-3-5-25-23(22)10-11-26(28)32-25/h3-11,14-18,29H,12-13H2,1-2H3/t17-,18+. The third kappa shape index (κ3) is 3.53. The van der Waals surface area contributed by atoms with Crippen molar-refractivity contribution in [3.05, 3.63) is 73.2 Å². The molecule has 7 heteroatoms. The van der Waals surface area contributed by atoms with Gasteiger partial charge in [0.1, 0.15) is 7.85 Å². The minimum absolute atomic E-state index is 0.468. The van der Waals surface area contributed by atoms with Crippen molar-refractivity contribution in [2.24, 2.45) is 0 Å². The van der Waals surface area contributed by atoms with Gasteiger partial charge >= 0.3 is 0 Å². The van der Waals surface area contributed by atoms with Crippen molar-refractivity contribution in [3.8, 4) is 22.3 Å². The van der Waals surface area contributed by atoms with Crippen LogP contribution in [0.25, 0.3) is 38.8 Å². The SMILES string of the molecule is [B]c1ccc2c(-c3cnn4cc(-c5ccc(N6[C@H](C)CNC[C@@H]6C)cc5)cnc34)cccc2n1. The molecule has 1 N–H and O–H groups in total. The van der Waals surface area contributed by atoms with Gasteiger partial charge < -0.3 is 10.2 Å². The molecule has 5 aromatic rings. The second-order valence-electron chi connectivity index (χ2n) is 9.09. The van der Waals surface area contributed by atoms with Crippen molar-refractivity contribution in [1.82, 2.24) is 24.9 Å². The highest BCUT2D eigenvalue weighted by Crippen LogP contribution is 2.31. The highest BCUT2D eigenvalue weighted by molar-refractivity contribution is 6.31. The number of pyridine rings is 1. The Bertz CT molecular complexity index is 1480. The number of hydrogen-bond acceptors (Lipinski definition) is 5. The Kier molecular flexibility index (Phi) is 5.07. The fourth-order valence-electron chi connectivity index (χ4n) is 5.09. The molecule has 0 bridgehead atoms. The monoisotopic (exact) mass is 444 g/mol. The first-order chi connectivity index (χ1) is 16.6. The molecule has 34 heavy (non-hydrogen) atoms. The maximum Gasteiger partial charge on any atom is 0.162 e. The van der Waals surface area contributed by atoms with Crippen molar-refractivity contribution in [1.29, 1.82) is 0 Å². The van der Waals surface area contributed by atoms with E-state index in [4.69, 9.17) is 12.8 Å². The smallest absolute Gasteiger partial charge is 0.162 e. The lowest BCUT2D eigenvalue weighted by molar-refractivity contribution is 0.432. The molecule has 1 fully saturated rings. The fourth-order valence-corrected chi connectivity index (χ4v) is 5.09. The first-order valence-electron chi connectivity index (χ1n) is 11.7. The van der Waals surface area contributed by atoms with E-state index in [0.717, 1.165) is 51.9 Å². The van der Waals surface area contributed by atoms with Crippen LogP contribution in [0.1, 0.15) is 13.8 Å². The molecule has 166 valence electrons. The fraction of sp³-hybridized carbons (Fsp3) is 0.222. The van der Waals surface area contributed by atoms with Crippen molar-refractivity contribution < 1.29 is 0 Å². The zero-order valence-electron chi connectivity index (χ0n) is 19.3. The number of fused-ring (bicyclic) bond motifs is 2. The molecule has 0 aliphatic carbocycles. The first kappa shape index (κ1) is 20.9. The summed E-state index contributed by atoms with van der Waals surface area (Å²) in [6.45, 7) is 6.55. The number of hydrogen-bond donors (Lipinski definition) is 1. The minimum atomic E-state index is 0.468. The summed E-state index contributed by atoms with van der Waals surface area (Å²) >= 11 is 0. The van der Waals surface area contributed by atoms with Gasteiger partial charge in [-0.3, -0.25) is 4.98 Å². The maximum absolute atomic E-state index is 5.87. The van der Waals surface area contributed by atoms with E-state index in [1.807, 2.05) is 47.4 Å². The van der Waals surface area contributed by atoms with Crippen LogP contribution < -0.4 is 15.8 Å². The Morgan fingerprint density at radius 1 is 0.882 bits per heavy atom. The Morgan fingerprint density at radius 2 is 1.68 bits per heavy atom. The van der Waals surface area contributed by atoms with Crippen LogP contribution in [0.4, 0.5) is 5.69 Å². The Hall–Kier alpha value is -3.71. The number of rotatable bonds is 3. The van der Waals surface area contributed by atoms with E-state index >= 15 is 0 Å². The highest BCUT2D eigenvalue weighted by atomic mass is 15.2.